The van der Waals surface area contributed by atoms with E-state index < -0.39 is 0 Å². The SMILES string of the molecule is CC1(C)CN(C(=O)c2ccc(N)cc2)CCN1. The zero-order chi connectivity index (χ0) is 12.5. The van der Waals surface area contributed by atoms with Gasteiger partial charge in [-0.1, -0.05) is 0 Å². The Labute approximate surface area is 102 Å². The summed E-state index contributed by atoms with van der Waals surface area (Å²) in [6.07, 6.45) is 0. The van der Waals surface area contributed by atoms with Crippen LogP contribution in [0.25, 0.3) is 0 Å². The van der Waals surface area contributed by atoms with Crippen molar-refractivity contribution in [2.24, 2.45) is 0 Å². The molecule has 1 aliphatic rings. The van der Waals surface area contributed by atoms with Gasteiger partial charge in [-0.05, 0) is 38.1 Å². The monoisotopic (exact) mass is 233 g/mol. The number of anilines is 1. The molecule has 1 heterocycles. The lowest BCUT2D eigenvalue weighted by atomic mass is 10.0. The quantitative estimate of drug-likeness (QED) is 0.714. The molecule has 0 saturated carbocycles. The standard InChI is InChI=1S/C13H19N3O/c1-13(2)9-16(8-7-15-13)12(17)10-3-5-11(14)6-4-10/h3-6,15H,7-9,14H2,1-2H3. The second kappa shape index (κ2) is 4.37. The average Bonchev–Trinajstić information content (AvgIpc) is 2.28. The van der Waals surface area contributed by atoms with Crippen molar-refractivity contribution < 1.29 is 4.79 Å². The van der Waals surface area contributed by atoms with E-state index in [9.17, 15) is 4.79 Å². The van der Waals surface area contributed by atoms with Crippen LogP contribution in [0, 0.1) is 0 Å². The highest BCUT2D eigenvalue weighted by molar-refractivity contribution is 5.94. The highest BCUT2D eigenvalue weighted by atomic mass is 16.2. The lowest BCUT2D eigenvalue weighted by Crippen LogP contribution is -2.58. The Morgan fingerprint density at radius 3 is 2.59 bits per heavy atom. The Morgan fingerprint density at radius 1 is 1.35 bits per heavy atom. The first kappa shape index (κ1) is 11.9. The van der Waals surface area contributed by atoms with E-state index in [1.54, 1.807) is 24.3 Å². The molecule has 1 amide bonds. The number of nitrogens with two attached hydrogens (primary N) is 1. The maximum absolute atomic E-state index is 12.3. The molecule has 0 aliphatic carbocycles. The molecular weight excluding hydrogens is 214 g/mol. The molecule has 2 rings (SSSR count). The predicted molar refractivity (Wildman–Crippen MR) is 68.8 cm³/mol. The van der Waals surface area contributed by atoms with Gasteiger partial charge in [0.2, 0.25) is 0 Å². The summed E-state index contributed by atoms with van der Waals surface area (Å²) >= 11 is 0. The van der Waals surface area contributed by atoms with Crippen molar-refractivity contribution in [3.05, 3.63) is 29.8 Å². The van der Waals surface area contributed by atoms with Crippen LogP contribution < -0.4 is 11.1 Å². The molecule has 0 bridgehead atoms. The number of carbonyl (C=O) groups excluding carboxylic acids is 1. The molecule has 0 aromatic heterocycles. The Hall–Kier alpha value is -1.55. The van der Waals surface area contributed by atoms with E-state index in [-0.39, 0.29) is 11.4 Å². The predicted octanol–water partition coefficient (Wildman–Crippen LogP) is 1.09. The van der Waals surface area contributed by atoms with Crippen LogP contribution in [-0.2, 0) is 0 Å². The van der Waals surface area contributed by atoms with Gasteiger partial charge in [-0.25, -0.2) is 0 Å². The van der Waals surface area contributed by atoms with Crippen LogP contribution in [0.3, 0.4) is 0 Å². The zero-order valence-corrected chi connectivity index (χ0v) is 10.4. The lowest BCUT2D eigenvalue weighted by Gasteiger charge is -2.39. The van der Waals surface area contributed by atoms with E-state index in [0.717, 1.165) is 19.6 Å². The summed E-state index contributed by atoms with van der Waals surface area (Å²) in [5, 5.41) is 3.39. The molecule has 1 fully saturated rings. The number of amides is 1. The molecule has 0 radical (unpaired) electrons. The second-order valence-corrected chi connectivity index (χ2v) is 5.16. The summed E-state index contributed by atoms with van der Waals surface area (Å²) in [4.78, 5) is 14.1. The van der Waals surface area contributed by atoms with Crippen molar-refractivity contribution in [1.29, 1.82) is 0 Å². The average molecular weight is 233 g/mol. The van der Waals surface area contributed by atoms with Gasteiger partial charge in [0.15, 0.2) is 0 Å². The molecule has 1 aromatic rings. The number of hydrogen-bond donors (Lipinski definition) is 2. The zero-order valence-electron chi connectivity index (χ0n) is 10.4. The summed E-state index contributed by atoms with van der Waals surface area (Å²) < 4.78 is 0. The largest absolute Gasteiger partial charge is 0.399 e. The molecule has 92 valence electrons. The molecule has 4 heteroatoms. The Bertz CT molecular complexity index is 411. The van der Waals surface area contributed by atoms with Gasteiger partial charge in [0.25, 0.3) is 5.91 Å². The van der Waals surface area contributed by atoms with Gasteiger partial charge < -0.3 is 16.0 Å². The summed E-state index contributed by atoms with van der Waals surface area (Å²) in [6.45, 7) is 6.54. The van der Waals surface area contributed by atoms with Gasteiger partial charge in [0.05, 0.1) is 0 Å². The number of benzene rings is 1. The summed E-state index contributed by atoms with van der Waals surface area (Å²) in [5.74, 6) is 0.0829. The number of hydrogen-bond acceptors (Lipinski definition) is 3. The molecular formula is C13H19N3O. The molecule has 1 aromatic carbocycles. The van der Waals surface area contributed by atoms with E-state index >= 15 is 0 Å². The van der Waals surface area contributed by atoms with Crippen molar-refractivity contribution in [3.63, 3.8) is 0 Å². The fraction of sp³-hybridized carbons (Fsp3) is 0.462. The van der Waals surface area contributed by atoms with Gasteiger partial charge in [0.1, 0.15) is 0 Å². The maximum Gasteiger partial charge on any atom is 0.253 e. The fourth-order valence-electron chi connectivity index (χ4n) is 2.12. The van der Waals surface area contributed by atoms with Crippen LogP contribution in [-0.4, -0.2) is 36.0 Å². The van der Waals surface area contributed by atoms with Gasteiger partial charge >= 0.3 is 0 Å². The maximum atomic E-state index is 12.3. The Balaban J connectivity index is 2.12. The first-order valence-electron chi connectivity index (χ1n) is 5.88. The number of nitrogens with one attached hydrogen (secondary N) is 1. The van der Waals surface area contributed by atoms with E-state index in [4.69, 9.17) is 5.73 Å². The molecule has 17 heavy (non-hydrogen) atoms. The molecule has 1 saturated heterocycles. The first-order chi connectivity index (χ1) is 7.98. The van der Waals surface area contributed by atoms with Crippen molar-refractivity contribution >= 4 is 11.6 Å². The van der Waals surface area contributed by atoms with Crippen LogP contribution in [0.1, 0.15) is 24.2 Å². The molecule has 4 nitrogen and oxygen atoms in total. The minimum absolute atomic E-state index is 0.0122. The van der Waals surface area contributed by atoms with Crippen LogP contribution >= 0.6 is 0 Å². The third kappa shape index (κ3) is 2.77. The van der Waals surface area contributed by atoms with E-state index in [2.05, 4.69) is 19.2 Å². The second-order valence-electron chi connectivity index (χ2n) is 5.16. The van der Waals surface area contributed by atoms with Crippen LogP contribution in [0.15, 0.2) is 24.3 Å². The van der Waals surface area contributed by atoms with Crippen LogP contribution in [0.5, 0.6) is 0 Å². The minimum atomic E-state index is -0.0122. The molecule has 0 atom stereocenters. The number of rotatable bonds is 1. The smallest absolute Gasteiger partial charge is 0.253 e. The molecule has 0 spiro atoms. The Morgan fingerprint density at radius 2 is 2.00 bits per heavy atom. The first-order valence-corrected chi connectivity index (χ1v) is 5.88. The molecule has 3 N–H and O–H groups in total. The molecule has 1 aliphatic heterocycles. The van der Waals surface area contributed by atoms with Gasteiger partial charge in [-0.2, -0.15) is 0 Å². The highest BCUT2D eigenvalue weighted by Gasteiger charge is 2.28. The topological polar surface area (TPSA) is 58.4 Å². The van der Waals surface area contributed by atoms with Crippen molar-refractivity contribution in [2.45, 2.75) is 19.4 Å². The van der Waals surface area contributed by atoms with Crippen LogP contribution in [0.2, 0.25) is 0 Å². The normalized spacial score (nSPS) is 19.1. The number of carbonyl (C=O) groups is 1. The third-order valence-corrected chi connectivity index (χ3v) is 3.02. The van der Waals surface area contributed by atoms with Crippen molar-refractivity contribution in [3.8, 4) is 0 Å². The Kier molecular flexibility index (Phi) is 3.07. The van der Waals surface area contributed by atoms with Crippen molar-refractivity contribution in [1.82, 2.24) is 10.2 Å². The van der Waals surface area contributed by atoms with Gasteiger partial charge in [-0.3, -0.25) is 4.79 Å². The number of nitrogen functional groups attached to an aromatic ring is 1. The fourth-order valence-corrected chi connectivity index (χ4v) is 2.12. The number of piperazine rings is 1. The van der Waals surface area contributed by atoms with Crippen molar-refractivity contribution in [2.75, 3.05) is 25.4 Å². The van der Waals surface area contributed by atoms with E-state index in [1.807, 2.05) is 4.90 Å². The van der Waals surface area contributed by atoms with Gasteiger partial charge in [0, 0.05) is 36.4 Å². The minimum Gasteiger partial charge on any atom is -0.399 e. The van der Waals surface area contributed by atoms with Gasteiger partial charge in [-0.15, -0.1) is 0 Å². The molecule has 0 unspecified atom stereocenters. The van der Waals surface area contributed by atoms with E-state index in [0.29, 0.717) is 11.3 Å². The van der Waals surface area contributed by atoms with E-state index in [1.165, 1.54) is 0 Å². The third-order valence-electron chi connectivity index (χ3n) is 3.02. The highest BCUT2D eigenvalue weighted by Crippen LogP contribution is 2.14. The lowest BCUT2D eigenvalue weighted by molar-refractivity contribution is 0.0652. The summed E-state index contributed by atoms with van der Waals surface area (Å²) in [7, 11) is 0. The number of nitrogens with zero attached hydrogens (tertiary/aromatic N) is 1. The van der Waals surface area contributed by atoms with Crippen LogP contribution in [0.4, 0.5) is 5.69 Å². The summed E-state index contributed by atoms with van der Waals surface area (Å²) in [5.41, 5.74) is 6.99. The summed E-state index contributed by atoms with van der Waals surface area (Å²) in [6, 6.07) is 7.10.